The molecule has 0 bridgehead atoms. The number of nitrogens with one attached hydrogen (secondary N) is 1. The fourth-order valence-corrected chi connectivity index (χ4v) is 0.973. The Morgan fingerprint density at radius 2 is 2.07 bits per heavy atom. The minimum Gasteiger partial charge on any atom is -0.365 e. The molecule has 0 unspecified atom stereocenters. The molecular formula is C7H5F3N2O2. The minimum atomic E-state index is -3.13. The lowest BCUT2D eigenvalue weighted by Crippen LogP contribution is -2.26. The number of carbonyl (C=O) groups is 1. The molecule has 3 N–H and O–H groups in total. The van der Waals surface area contributed by atoms with Gasteiger partial charge in [-0.1, -0.05) is 0 Å². The van der Waals surface area contributed by atoms with Crippen molar-refractivity contribution in [2.45, 2.75) is 6.43 Å². The van der Waals surface area contributed by atoms with E-state index in [1.165, 1.54) is 0 Å². The molecule has 0 radical (unpaired) electrons. The smallest absolute Gasteiger partial charge is 0.264 e. The molecule has 4 nitrogen and oxygen atoms in total. The highest BCUT2D eigenvalue weighted by Gasteiger charge is 2.21. The molecule has 0 aliphatic carbocycles. The molecule has 0 aliphatic rings. The summed E-state index contributed by atoms with van der Waals surface area (Å²) in [5.41, 5.74) is 1.52. The molecule has 0 aliphatic heterocycles. The fourth-order valence-electron chi connectivity index (χ4n) is 0.973. The van der Waals surface area contributed by atoms with E-state index in [-0.39, 0.29) is 0 Å². The van der Waals surface area contributed by atoms with Crippen molar-refractivity contribution in [1.82, 2.24) is 4.98 Å². The number of primary amides is 1. The Kier molecular flexibility index (Phi) is 2.59. The van der Waals surface area contributed by atoms with Gasteiger partial charge in [-0.3, -0.25) is 14.6 Å². The molecule has 0 spiro atoms. The lowest BCUT2D eigenvalue weighted by atomic mass is 10.1. The number of nitrogens with two attached hydrogens (primary N) is 1. The van der Waals surface area contributed by atoms with Crippen molar-refractivity contribution in [3.63, 3.8) is 0 Å². The van der Waals surface area contributed by atoms with Gasteiger partial charge in [0.05, 0.1) is 0 Å². The van der Waals surface area contributed by atoms with Gasteiger partial charge >= 0.3 is 0 Å². The number of carbonyl (C=O) groups excluding carboxylic acids is 1. The van der Waals surface area contributed by atoms with Gasteiger partial charge in [0.15, 0.2) is 5.95 Å². The lowest BCUT2D eigenvalue weighted by Gasteiger charge is -2.03. The van der Waals surface area contributed by atoms with Gasteiger partial charge in [-0.15, -0.1) is 0 Å². The molecule has 0 aromatic carbocycles. The topological polar surface area (TPSA) is 76.0 Å². The first-order valence-electron chi connectivity index (χ1n) is 3.44. The van der Waals surface area contributed by atoms with Crippen molar-refractivity contribution < 1.29 is 18.0 Å². The summed E-state index contributed by atoms with van der Waals surface area (Å²) in [5.74, 6) is -2.56. The summed E-state index contributed by atoms with van der Waals surface area (Å²) >= 11 is 0. The number of alkyl halides is 2. The quantitative estimate of drug-likeness (QED) is 0.693. The second-order valence-corrected chi connectivity index (χ2v) is 2.44. The van der Waals surface area contributed by atoms with Gasteiger partial charge in [0.1, 0.15) is 5.56 Å². The lowest BCUT2D eigenvalue weighted by molar-refractivity contribution is 0.0983. The van der Waals surface area contributed by atoms with Crippen LogP contribution in [0, 0.1) is 5.95 Å². The molecule has 14 heavy (non-hydrogen) atoms. The van der Waals surface area contributed by atoms with Crippen molar-refractivity contribution in [3.8, 4) is 0 Å². The summed E-state index contributed by atoms with van der Waals surface area (Å²) in [6.07, 6.45) is -3.13. The standard InChI is InChI=1S/C7H5F3N2O2/c8-3-1-2(5(9)10)4(6(11)13)7(14)12-3/h1,5H,(H2,11,13)(H,12,14). The average Bonchev–Trinajstić information content (AvgIpc) is 2.01. The summed E-state index contributed by atoms with van der Waals surface area (Å²) in [6, 6.07) is 0.367. The van der Waals surface area contributed by atoms with Crippen LogP contribution in [0.2, 0.25) is 0 Å². The zero-order chi connectivity index (χ0) is 10.9. The van der Waals surface area contributed by atoms with Crippen molar-refractivity contribution in [2.24, 2.45) is 5.73 Å². The van der Waals surface area contributed by atoms with Crippen LogP contribution in [0.1, 0.15) is 22.3 Å². The number of hydrogen-bond acceptors (Lipinski definition) is 2. The molecule has 0 saturated carbocycles. The van der Waals surface area contributed by atoms with E-state index in [0.717, 1.165) is 0 Å². The van der Waals surface area contributed by atoms with E-state index in [0.29, 0.717) is 6.07 Å². The van der Waals surface area contributed by atoms with E-state index >= 15 is 0 Å². The largest absolute Gasteiger partial charge is 0.365 e. The number of amides is 1. The number of aromatic amines is 1. The molecule has 0 saturated heterocycles. The van der Waals surface area contributed by atoms with E-state index in [9.17, 15) is 22.8 Å². The zero-order valence-corrected chi connectivity index (χ0v) is 6.68. The summed E-state index contributed by atoms with van der Waals surface area (Å²) in [7, 11) is 0. The van der Waals surface area contributed by atoms with Gasteiger partial charge in [-0.25, -0.2) is 8.78 Å². The van der Waals surface area contributed by atoms with E-state index in [4.69, 9.17) is 0 Å². The molecule has 7 heteroatoms. The SMILES string of the molecule is NC(=O)c1c(C(F)F)cc(F)[nH]c1=O. The first-order chi connectivity index (χ1) is 6.43. The first kappa shape index (κ1) is 10.3. The van der Waals surface area contributed by atoms with Gasteiger partial charge in [0.2, 0.25) is 0 Å². The maximum Gasteiger partial charge on any atom is 0.264 e. The molecule has 0 fully saturated rings. The Bertz CT molecular complexity index is 427. The minimum absolute atomic E-state index is 0.367. The zero-order valence-electron chi connectivity index (χ0n) is 6.68. The van der Waals surface area contributed by atoms with E-state index in [1.807, 2.05) is 0 Å². The normalized spacial score (nSPS) is 10.6. The second-order valence-electron chi connectivity index (χ2n) is 2.44. The van der Waals surface area contributed by atoms with Gasteiger partial charge in [0.25, 0.3) is 17.9 Å². The highest BCUT2D eigenvalue weighted by atomic mass is 19.3. The highest BCUT2D eigenvalue weighted by Crippen LogP contribution is 2.20. The van der Waals surface area contributed by atoms with Crippen LogP contribution in [0.15, 0.2) is 10.9 Å². The van der Waals surface area contributed by atoms with E-state index < -0.39 is 35.0 Å². The van der Waals surface area contributed by atoms with Gasteiger partial charge in [0, 0.05) is 11.6 Å². The van der Waals surface area contributed by atoms with Crippen LogP contribution in [-0.4, -0.2) is 10.9 Å². The summed E-state index contributed by atoms with van der Waals surface area (Å²) in [4.78, 5) is 23.0. The Morgan fingerprint density at radius 3 is 2.50 bits per heavy atom. The van der Waals surface area contributed by atoms with Crippen molar-refractivity contribution in [2.75, 3.05) is 0 Å². The molecule has 1 aromatic rings. The third-order valence-corrected chi connectivity index (χ3v) is 1.51. The molecule has 1 aromatic heterocycles. The Morgan fingerprint density at radius 1 is 1.50 bits per heavy atom. The van der Waals surface area contributed by atoms with E-state index in [2.05, 4.69) is 5.73 Å². The first-order valence-corrected chi connectivity index (χ1v) is 3.44. The third kappa shape index (κ3) is 1.76. The molecule has 1 heterocycles. The van der Waals surface area contributed by atoms with Crippen LogP contribution in [0.4, 0.5) is 13.2 Å². The van der Waals surface area contributed by atoms with Crippen LogP contribution in [0.3, 0.4) is 0 Å². The monoisotopic (exact) mass is 206 g/mol. The van der Waals surface area contributed by atoms with Crippen molar-refractivity contribution in [1.29, 1.82) is 0 Å². The molecule has 0 atom stereocenters. The third-order valence-electron chi connectivity index (χ3n) is 1.51. The van der Waals surface area contributed by atoms with Crippen LogP contribution in [0.25, 0.3) is 0 Å². The Hall–Kier alpha value is -1.79. The number of rotatable bonds is 2. The average molecular weight is 206 g/mol. The molecule has 1 amide bonds. The number of pyridine rings is 1. The number of hydrogen-bond donors (Lipinski definition) is 2. The fraction of sp³-hybridized carbons (Fsp3) is 0.143. The Balaban J connectivity index is 3.53. The van der Waals surface area contributed by atoms with Gasteiger partial charge in [-0.2, -0.15) is 4.39 Å². The second kappa shape index (κ2) is 3.52. The molecule has 76 valence electrons. The van der Waals surface area contributed by atoms with Crippen LogP contribution in [-0.2, 0) is 0 Å². The summed E-state index contributed by atoms with van der Waals surface area (Å²) in [6.45, 7) is 0. The van der Waals surface area contributed by atoms with Crippen molar-refractivity contribution in [3.05, 3.63) is 33.5 Å². The molecular weight excluding hydrogens is 201 g/mol. The molecule has 1 rings (SSSR count). The number of H-pyrrole nitrogens is 1. The number of halogens is 3. The highest BCUT2D eigenvalue weighted by molar-refractivity contribution is 5.93. The predicted molar refractivity (Wildman–Crippen MR) is 40.5 cm³/mol. The van der Waals surface area contributed by atoms with Crippen LogP contribution in [0.5, 0.6) is 0 Å². The van der Waals surface area contributed by atoms with Crippen molar-refractivity contribution >= 4 is 5.91 Å². The summed E-state index contributed by atoms with van der Waals surface area (Å²) in [5, 5.41) is 0. The maximum atomic E-state index is 12.5. The van der Waals surface area contributed by atoms with Crippen LogP contribution < -0.4 is 11.3 Å². The maximum absolute atomic E-state index is 12.5. The van der Waals surface area contributed by atoms with Gasteiger partial charge in [-0.05, 0) is 0 Å². The Labute approximate surface area is 75.5 Å². The number of aromatic nitrogens is 1. The van der Waals surface area contributed by atoms with E-state index in [1.54, 1.807) is 4.98 Å². The van der Waals surface area contributed by atoms with Gasteiger partial charge < -0.3 is 5.73 Å². The van der Waals surface area contributed by atoms with Crippen LogP contribution >= 0.6 is 0 Å². The predicted octanol–water partition coefficient (Wildman–Crippen LogP) is 0.550. The summed E-state index contributed by atoms with van der Waals surface area (Å²) < 4.78 is 36.9.